The van der Waals surface area contributed by atoms with Crippen molar-refractivity contribution in [3.8, 4) is 0 Å². The lowest BCUT2D eigenvalue weighted by Crippen LogP contribution is -2.49. The highest BCUT2D eigenvalue weighted by atomic mass is 32.2. The third-order valence-corrected chi connectivity index (χ3v) is 18.5. The van der Waals surface area contributed by atoms with Crippen molar-refractivity contribution in [3.63, 3.8) is 0 Å². The molecule has 3 heterocycles. The van der Waals surface area contributed by atoms with Gasteiger partial charge in [0.15, 0.2) is 0 Å². The predicted octanol–water partition coefficient (Wildman–Crippen LogP) is 10.3. The SMILES string of the molecule is CNC(CCC(=O)NC(Cc1c(Sc2ccc([N+](=O)[O-])cc2)[nH]c2ccccc12)C(=O)O)(CCC(=O)NC(Cc1c(Sc2ccc([N+](=O)[O-])cc2)[nH]c2ccccc12)C(=O)O)CCC(=O)NC(Cc1c(Sc2ccc([N+](=O)[O-])cc2)[nH]c2ccccc12)C(=O)O. The molecule has 0 bridgehead atoms. The van der Waals surface area contributed by atoms with Crippen LogP contribution in [0.2, 0.25) is 0 Å². The second-order valence-corrected chi connectivity index (χ2v) is 24.3. The summed E-state index contributed by atoms with van der Waals surface area (Å²) in [6, 6.07) is 34.5. The molecule has 3 amide bonds. The maximum absolute atomic E-state index is 14.1. The van der Waals surface area contributed by atoms with Crippen LogP contribution in [0.4, 0.5) is 17.1 Å². The van der Waals surface area contributed by atoms with Gasteiger partial charge in [0.05, 0.1) is 29.8 Å². The van der Waals surface area contributed by atoms with Gasteiger partial charge in [0.1, 0.15) is 18.1 Å². The van der Waals surface area contributed by atoms with Crippen LogP contribution in [0, 0.1) is 30.3 Å². The number of carboxylic acids is 3. The molecule has 0 spiro atoms. The molecule has 9 rings (SSSR count). The van der Waals surface area contributed by atoms with Crippen molar-refractivity contribution in [1.29, 1.82) is 0 Å². The van der Waals surface area contributed by atoms with Crippen LogP contribution < -0.4 is 21.3 Å². The molecule has 0 saturated heterocycles. The number of rotatable bonds is 31. The number of fused-ring (bicyclic) bond motifs is 3. The number of benzene rings is 6. The molecular weight excluding hydrogens is 1220 g/mol. The van der Waals surface area contributed by atoms with Gasteiger partial charge in [-0.25, -0.2) is 14.4 Å². The van der Waals surface area contributed by atoms with Gasteiger partial charge in [-0.15, -0.1) is 0 Å². The van der Waals surface area contributed by atoms with Gasteiger partial charge in [-0.05, 0) is 97.6 Å². The minimum absolute atomic E-state index is 0.113. The van der Waals surface area contributed by atoms with E-state index in [9.17, 15) is 74.4 Å². The number of aliphatic carboxylic acids is 3. The molecule has 90 heavy (non-hydrogen) atoms. The zero-order valence-corrected chi connectivity index (χ0v) is 50.2. The first kappa shape index (κ1) is 64.4. The van der Waals surface area contributed by atoms with Crippen LogP contribution in [-0.4, -0.2) is 111 Å². The van der Waals surface area contributed by atoms with Crippen molar-refractivity contribution >= 4 is 121 Å². The summed E-state index contributed by atoms with van der Waals surface area (Å²) in [5.74, 6) is -6.20. The van der Waals surface area contributed by atoms with Crippen LogP contribution in [0.25, 0.3) is 32.7 Å². The van der Waals surface area contributed by atoms with Gasteiger partial charge in [-0.2, -0.15) is 0 Å². The number of nitrogens with zero attached hydrogens (tertiary/aromatic N) is 3. The smallest absolute Gasteiger partial charge is 0.326 e. The molecule has 3 aromatic heterocycles. The Morgan fingerprint density at radius 1 is 0.433 bits per heavy atom. The average molecular weight is 1280 g/mol. The topological polar surface area (TPSA) is 388 Å². The number of carbonyl (C=O) groups is 6. The molecule has 0 aliphatic heterocycles. The molecule has 3 unspecified atom stereocenters. The molecule has 28 heteroatoms. The Kier molecular flexibility index (Phi) is 20.7. The lowest BCUT2D eigenvalue weighted by molar-refractivity contribution is -0.385. The fraction of sp³-hybridized carbons (Fsp3) is 0.226. The summed E-state index contributed by atoms with van der Waals surface area (Å²) >= 11 is 3.66. The van der Waals surface area contributed by atoms with Crippen LogP contribution in [-0.2, 0) is 48.0 Å². The number of nitrogens with one attached hydrogen (secondary N) is 7. The summed E-state index contributed by atoms with van der Waals surface area (Å²) in [7, 11) is 1.54. The Morgan fingerprint density at radius 2 is 0.689 bits per heavy atom. The first-order valence-electron chi connectivity index (χ1n) is 28.0. The Labute approximate surface area is 524 Å². The third kappa shape index (κ3) is 16.0. The van der Waals surface area contributed by atoms with Gasteiger partial charge in [-0.1, -0.05) is 89.9 Å². The third-order valence-electron chi connectivity index (χ3n) is 15.3. The van der Waals surface area contributed by atoms with Crippen molar-refractivity contribution in [1.82, 2.24) is 36.2 Å². The zero-order chi connectivity index (χ0) is 64.2. The molecule has 0 saturated carbocycles. The van der Waals surface area contributed by atoms with Crippen LogP contribution in [0.5, 0.6) is 0 Å². The number of hydrogen-bond donors (Lipinski definition) is 10. The summed E-state index contributed by atoms with van der Waals surface area (Å²) in [4.78, 5) is 126. The second kappa shape index (κ2) is 28.9. The summed E-state index contributed by atoms with van der Waals surface area (Å²) in [5.41, 5.74) is 2.04. The molecule has 464 valence electrons. The normalized spacial score (nSPS) is 13.0. The standard InChI is InChI=1S/C62H58N10O15S3/c1-63-62(29-26-53(73)64-50(59(76)77)32-44-41-8-2-5-11-47(41)67-56(44)88-38-20-14-35(15-21-38)70(82)83,30-27-54(74)65-51(60(78)79)33-45-42-9-3-6-12-48(42)68-57(45)89-39-22-16-36(17-23-39)71(84)85)31-28-55(75)66-52(61(80)81)34-46-43-10-4-7-13-49(43)69-58(46)90-40-24-18-37(19-25-40)72(86)87/h2-25,50-52,63,67-69H,26-34H2,1H3,(H,64,73)(H,65,74)(H,66,75)(H,76,77)(H,78,79)(H,80,81). The van der Waals surface area contributed by atoms with E-state index in [0.29, 0.717) is 79.2 Å². The van der Waals surface area contributed by atoms with E-state index in [1.54, 1.807) is 109 Å². The van der Waals surface area contributed by atoms with E-state index in [1.807, 2.05) is 0 Å². The first-order chi connectivity index (χ1) is 43.2. The van der Waals surface area contributed by atoms with E-state index < -0.39 is 74.1 Å². The van der Waals surface area contributed by atoms with Crippen molar-refractivity contribution < 1.29 is 58.9 Å². The quantitative estimate of drug-likeness (QED) is 0.0143. The summed E-state index contributed by atoms with van der Waals surface area (Å²) in [6.07, 6.45) is -1.99. The fourth-order valence-corrected chi connectivity index (χ4v) is 13.4. The lowest BCUT2D eigenvalue weighted by Gasteiger charge is -2.34. The summed E-state index contributed by atoms with van der Waals surface area (Å²) in [5, 5.41) is 80.6. The van der Waals surface area contributed by atoms with E-state index in [1.165, 1.54) is 78.7 Å². The summed E-state index contributed by atoms with van der Waals surface area (Å²) in [6.45, 7) is 0. The van der Waals surface area contributed by atoms with Gasteiger partial charge in [-0.3, -0.25) is 44.7 Å². The van der Waals surface area contributed by atoms with Crippen LogP contribution >= 0.6 is 35.3 Å². The van der Waals surface area contributed by atoms with Gasteiger partial charge < -0.3 is 51.5 Å². The number of nitro benzene ring substituents is 3. The molecule has 25 nitrogen and oxygen atoms in total. The molecule has 0 fully saturated rings. The van der Waals surface area contributed by atoms with Gasteiger partial charge in [0.2, 0.25) is 17.7 Å². The monoisotopic (exact) mass is 1280 g/mol. The highest BCUT2D eigenvalue weighted by Crippen LogP contribution is 2.39. The molecular formula is C62H58N10O15S3. The largest absolute Gasteiger partial charge is 0.480 e. The number of H-pyrrole nitrogens is 3. The Hall–Kier alpha value is -10.0. The van der Waals surface area contributed by atoms with Gasteiger partial charge in [0, 0.05) is 128 Å². The number of amides is 3. The maximum Gasteiger partial charge on any atom is 0.326 e. The highest BCUT2D eigenvalue weighted by molar-refractivity contribution is 7.99. The number of nitro groups is 3. The molecule has 0 aliphatic carbocycles. The Balaban J connectivity index is 0.934. The minimum atomic E-state index is -1.48. The number of non-ortho nitro benzene ring substituents is 3. The van der Waals surface area contributed by atoms with E-state index in [2.05, 4.69) is 36.2 Å². The number of aromatic amines is 3. The van der Waals surface area contributed by atoms with Crippen molar-refractivity contribution in [2.45, 2.75) is 111 Å². The zero-order valence-electron chi connectivity index (χ0n) is 47.8. The van der Waals surface area contributed by atoms with Crippen molar-refractivity contribution in [2.75, 3.05) is 7.05 Å². The number of carboxylic acid groups (broad SMARTS) is 3. The second-order valence-electron chi connectivity index (χ2n) is 21.0. The molecule has 0 aliphatic rings. The molecule has 6 aromatic carbocycles. The first-order valence-corrected chi connectivity index (χ1v) is 30.4. The Morgan fingerprint density at radius 3 is 0.922 bits per heavy atom. The Bertz CT molecular complexity index is 3770. The number of hydrogen-bond acceptors (Lipinski definition) is 16. The molecule has 0 radical (unpaired) electrons. The minimum Gasteiger partial charge on any atom is -0.480 e. The number of aromatic nitrogens is 3. The van der Waals surface area contributed by atoms with Gasteiger partial charge >= 0.3 is 17.9 Å². The van der Waals surface area contributed by atoms with E-state index in [0.717, 1.165) is 0 Å². The average Bonchev–Trinajstić information content (AvgIpc) is 1.88. The van der Waals surface area contributed by atoms with Crippen molar-refractivity contribution in [2.24, 2.45) is 0 Å². The molecule has 3 atom stereocenters. The summed E-state index contributed by atoms with van der Waals surface area (Å²) < 4.78 is 0. The maximum atomic E-state index is 14.1. The molecule has 9 aromatic rings. The van der Waals surface area contributed by atoms with Gasteiger partial charge in [0.25, 0.3) is 17.1 Å². The van der Waals surface area contributed by atoms with Crippen molar-refractivity contribution in [3.05, 3.63) is 193 Å². The lowest BCUT2D eigenvalue weighted by atomic mass is 9.83. The number of para-hydroxylation sites is 3. The number of carbonyl (C=O) groups excluding carboxylic acids is 3. The van der Waals surface area contributed by atoms with E-state index in [4.69, 9.17) is 0 Å². The van der Waals surface area contributed by atoms with Crippen LogP contribution in [0.1, 0.15) is 55.2 Å². The molecule has 10 N–H and O–H groups in total. The van der Waals surface area contributed by atoms with Crippen LogP contribution in [0.15, 0.2) is 175 Å². The van der Waals surface area contributed by atoms with Crippen LogP contribution in [0.3, 0.4) is 0 Å². The van der Waals surface area contributed by atoms with E-state index >= 15 is 0 Å². The fourth-order valence-electron chi connectivity index (χ4n) is 10.5. The highest BCUT2D eigenvalue weighted by Gasteiger charge is 2.34. The predicted molar refractivity (Wildman–Crippen MR) is 336 cm³/mol. The van der Waals surface area contributed by atoms with E-state index in [-0.39, 0.29) is 74.8 Å².